The first-order valence-electron chi connectivity index (χ1n) is 19.3. The van der Waals surface area contributed by atoms with E-state index in [4.69, 9.17) is 41.0 Å². The third-order valence-electron chi connectivity index (χ3n) is 8.28. The van der Waals surface area contributed by atoms with Gasteiger partial charge in [-0.05, 0) is 104 Å². The molecule has 0 aliphatic rings. The van der Waals surface area contributed by atoms with Crippen molar-refractivity contribution >= 4 is 15.2 Å². The molecule has 2 unspecified atom stereocenters. The first kappa shape index (κ1) is 48.1. The zero-order valence-electron chi connectivity index (χ0n) is 31.2. The van der Waals surface area contributed by atoms with Crippen LogP contribution in [0.25, 0.3) is 0 Å². The Morgan fingerprint density at radius 1 is 0.396 bits per heavy atom. The number of nitrogens with two attached hydrogens (primary N) is 4. The van der Waals surface area contributed by atoms with Gasteiger partial charge >= 0.3 is 15.2 Å². The van der Waals surface area contributed by atoms with Crippen LogP contribution in [0.4, 0.5) is 0 Å². The zero-order chi connectivity index (χ0) is 35.6. The van der Waals surface area contributed by atoms with E-state index in [2.05, 4.69) is 23.6 Å². The molecule has 14 heteroatoms. The molecule has 0 amide bonds. The van der Waals surface area contributed by atoms with Crippen LogP contribution in [0, 0.1) is 0 Å². The van der Waals surface area contributed by atoms with Gasteiger partial charge in [-0.15, -0.1) is 0 Å². The van der Waals surface area contributed by atoms with E-state index < -0.39 is 15.2 Å². The second-order valence-electron chi connectivity index (χ2n) is 12.8. The average molecular weight is 729 g/mol. The highest BCUT2D eigenvalue weighted by Gasteiger charge is 2.26. The monoisotopic (exact) mass is 729 g/mol. The Labute approximate surface area is 295 Å². The Morgan fingerprint density at radius 3 is 0.938 bits per heavy atom. The standard InChI is InChI=1S/C34H78N6O6P2/c1-3-5-11-29-43-47(41,33-27-39(23-15-19-35)24-16-20-36)45-31-13-9-7-8-10-14-32-46-48(42,44-30-12-6-4-2)34-28-40(25-17-21-37)26-18-22-38/h3-38H2,1-2H3. The van der Waals surface area contributed by atoms with Crippen LogP contribution in [0.3, 0.4) is 0 Å². The van der Waals surface area contributed by atoms with Crippen molar-refractivity contribution in [2.24, 2.45) is 22.9 Å². The van der Waals surface area contributed by atoms with Gasteiger partial charge in [0.15, 0.2) is 0 Å². The summed E-state index contributed by atoms with van der Waals surface area (Å²) in [6.45, 7) is 13.4. The minimum Gasteiger partial charge on any atom is -0.330 e. The Morgan fingerprint density at radius 2 is 0.667 bits per heavy atom. The Kier molecular flexibility index (Phi) is 34.2. The van der Waals surface area contributed by atoms with Gasteiger partial charge in [0.25, 0.3) is 0 Å². The van der Waals surface area contributed by atoms with Crippen molar-refractivity contribution < 1.29 is 27.2 Å². The summed E-state index contributed by atoms with van der Waals surface area (Å²) in [6.07, 6.45) is 16.2. The maximum absolute atomic E-state index is 13.6. The Balaban J connectivity index is 4.61. The maximum atomic E-state index is 13.6. The van der Waals surface area contributed by atoms with Crippen molar-refractivity contribution in [1.29, 1.82) is 0 Å². The Hall–Kier alpha value is 0.0600. The highest BCUT2D eigenvalue weighted by molar-refractivity contribution is 7.54. The molecule has 0 aromatic carbocycles. The molecule has 2 atom stereocenters. The van der Waals surface area contributed by atoms with E-state index in [1.54, 1.807) is 0 Å². The molecule has 0 rings (SSSR count). The van der Waals surface area contributed by atoms with Gasteiger partial charge in [0.1, 0.15) is 0 Å². The second kappa shape index (κ2) is 34.2. The van der Waals surface area contributed by atoms with Crippen molar-refractivity contribution in [3.8, 4) is 0 Å². The van der Waals surface area contributed by atoms with E-state index >= 15 is 0 Å². The molecule has 0 saturated heterocycles. The molecular weight excluding hydrogens is 650 g/mol. The summed E-state index contributed by atoms with van der Waals surface area (Å²) >= 11 is 0. The van der Waals surface area contributed by atoms with Crippen LogP contribution in [0.1, 0.15) is 117 Å². The van der Waals surface area contributed by atoms with E-state index in [0.29, 0.717) is 78.0 Å². The predicted octanol–water partition coefficient (Wildman–Crippen LogP) is 6.16. The lowest BCUT2D eigenvalue weighted by molar-refractivity contribution is 0.189. The molecule has 0 aromatic heterocycles. The largest absolute Gasteiger partial charge is 0.331 e. The normalized spacial score (nSPS) is 14.6. The molecule has 0 aliphatic heterocycles. The zero-order valence-corrected chi connectivity index (χ0v) is 33.0. The van der Waals surface area contributed by atoms with E-state index in [1.165, 1.54) is 0 Å². The molecule has 0 fully saturated rings. The topological polar surface area (TPSA) is 182 Å². The quantitative estimate of drug-likeness (QED) is 0.0419. The van der Waals surface area contributed by atoms with E-state index in [0.717, 1.165) is 129 Å². The number of rotatable bonds is 39. The highest BCUT2D eigenvalue weighted by atomic mass is 31.2. The number of hydrogen-bond acceptors (Lipinski definition) is 12. The molecule has 12 nitrogen and oxygen atoms in total. The fourth-order valence-electron chi connectivity index (χ4n) is 5.22. The third-order valence-corrected chi connectivity index (χ3v) is 12.1. The van der Waals surface area contributed by atoms with E-state index in [9.17, 15) is 9.13 Å². The SMILES string of the molecule is CCCCCOP(=O)(CCN(CCCN)CCCN)OCCCCCCCCOP(=O)(CCN(CCCN)CCCN)OCCCCC. The van der Waals surface area contributed by atoms with Gasteiger partial charge in [0.05, 0.1) is 38.8 Å². The van der Waals surface area contributed by atoms with Crippen molar-refractivity contribution in [1.82, 2.24) is 9.80 Å². The third kappa shape index (κ3) is 28.7. The number of nitrogens with zero attached hydrogens (tertiary/aromatic N) is 2. The fourth-order valence-corrected chi connectivity index (χ4v) is 8.57. The first-order chi connectivity index (χ1) is 23.3. The maximum Gasteiger partial charge on any atom is 0.331 e. The number of unbranched alkanes of at least 4 members (excludes halogenated alkanes) is 9. The summed E-state index contributed by atoms with van der Waals surface area (Å²) in [5, 5.41) is 0. The predicted molar refractivity (Wildman–Crippen MR) is 203 cm³/mol. The minimum atomic E-state index is -3.17. The van der Waals surface area contributed by atoms with Crippen LogP contribution in [-0.4, -0.2) is 114 Å². The van der Waals surface area contributed by atoms with Gasteiger partial charge in [-0.1, -0.05) is 65.2 Å². The molecule has 48 heavy (non-hydrogen) atoms. The smallest absolute Gasteiger partial charge is 0.330 e. The molecule has 290 valence electrons. The van der Waals surface area contributed by atoms with Crippen LogP contribution in [-0.2, 0) is 27.2 Å². The lowest BCUT2D eigenvalue weighted by Crippen LogP contribution is -2.31. The molecule has 0 saturated carbocycles. The fraction of sp³-hybridized carbons (Fsp3) is 1.00. The van der Waals surface area contributed by atoms with E-state index in [-0.39, 0.29) is 0 Å². The van der Waals surface area contributed by atoms with Gasteiger partial charge in [0, 0.05) is 13.1 Å². The van der Waals surface area contributed by atoms with Crippen LogP contribution in [0.15, 0.2) is 0 Å². The second-order valence-corrected chi connectivity index (χ2v) is 17.2. The molecule has 0 aliphatic carbocycles. The summed E-state index contributed by atoms with van der Waals surface area (Å²) in [7, 11) is -6.35. The van der Waals surface area contributed by atoms with Gasteiger partial charge in [-0.2, -0.15) is 0 Å². The van der Waals surface area contributed by atoms with Crippen LogP contribution >= 0.6 is 15.2 Å². The number of hydrogen-bond donors (Lipinski definition) is 4. The van der Waals surface area contributed by atoms with Gasteiger partial charge in [0.2, 0.25) is 0 Å². The lowest BCUT2D eigenvalue weighted by Gasteiger charge is -2.25. The Bertz CT molecular complexity index is 710. The molecule has 0 aromatic rings. The molecule has 0 bridgehead atoms. The highest BCUT2D eigenvalue weighted by Crippen LogP contribution is 2.49. The van der Waals surface area contributed by atoms with E-state index in [1.807, 2.05) is 0 Å². The molecule has 0 spiro atoms. The van der Waals surface area contributed by atoms with Crippen molar-refractivity contribution in [2.45, 2.75) is 117 Å². The first-order valence-corrected chi connectivity index (χ1v) is 22.8. The molecule has 0 heterocycles. The lowest BCUT2D eigenvalue weighted by atomic mass is 10.1. The van der Waals surface area contributed by atoms with Gasteiger partial charge < -0.3 is 50.8 Å². The summed E-state index contributed by atoms with van der Waals surface area (Å²) < 4.78 is 50.9. The van der Waals surface area contributed by atoms with Crippen LogP contribution in [0.5, 0.6) is 0 Å². The van der Waals surface area contributed by atoms with Gasteiger partial charge in [-0.25, -0.2) is 0 Å². The molecular formula is C34H78N6O6P2. The molecule has 0 radical (unpaired) electrons. The van der Waals surface area contributed by atoms with Gasteiger partial charge in [-0.3, -0.25) is 9.13 Å². The summed E-state index contributed by atoms with van der Waals surface area (Å²) in [5.41, 5.74) is 22.9. The van der Waals surface area contributed by atoms with Crippen molar-refractivity contribution in [3.05, 3.63) is 0 Å². The summed E-state index contributed by atoms with van der Waals surface area (Å²) in [6, 6.07) is 0. The summed E-state index contributed by atoms with van der Waals surface area (Å²) in [4.78, 5) is 4.54. The van der Waals surface area contributed by atoms with Crippen LogP contribution in [0.2, 0.25) is 0 Å². The summed E-state index contributed by atoms with van der Waals surface area (Å²) in [5.74, 6) is 0. The molecule has 8 N–H and O–H groups in total. The minimum absolute atomic E-state index is 0.389. The average Bonchev–Trinajstić information content (AvgIpc) is 3.09. The van der Waals surface area contributed by atoms with Crippen LogP contribution < -0.4 is 22.9 Å². The van der Waals surface area contributed by atoms with Crippen molar-refractivity contribution in [2.75, 3.05) is 104 Å². The van der Waals surface area contributed by atoms with Crippen molar-refractivity contribution in [3.63, 3.8) is 0 Å².